The van der Waals surface area contributed by atoms with Crippen LogP contribution in [0.15, 0.2) is 23.0 Å². The number of benzene rings is 1. The van der Waals surface area contributed by atoms with Crippen molar-refractivity contribution in [1.82, 2.24) is 14.9 Å². The van der Waals surface area contributed by atoms with E-state index in [2.05, 4.69) is 14.9 Å². The van der Waals surface area contributed by atoms with Gasteiger partial charge in [0.1, 0.15) is 5.82 Å². The molecule has 128 valence electrons. The Hall–Kier alpha value is -2.08. The molecule has 1 aromatic carbocycles. The molecule has 24 heavy (non-hydrogen) atoms. The van der Waals surface area contributed by atoms with E-state index in [1.807, 2.05) is 6.92 Å². The van der Waals surface area contributed by atoms with E-state index in [4.69, 9.17) is 0 Å². The SMILES string of the molecule is Cc1nc(C2CCCN(Cc3cccc(F)c3F)C2)[nH]c(=O)c1C. The quantitative estimate of drug-likeness (QED) is 0.939. The van der Waals surface area contributed by atoms with Gasteiger partial charge in [-0.25, -0.2) is 13.8 Å². The molecule has 1 N–H and O–H groups in total. The molecule has 0 saturated carbocycles. The standard InChI is InChI=1S/C18H21F2N3O/c1-11-12(2)21-17(22-18(11)24)14-6-4-8-23(10-14)9-13-5-3-7-15(19)16(13)20/h3,5,7,14H,4,6,8-10H2,1-2H3,(H,21,22,24). The van der Waals surface area contributed by atoms with Gasteiger partial charge in [0.2, 0.25) is 0 Å². The van der Waals surface area contributed by atoms with Gasteiger partial charge in [-0.05, 0) is 39.3 Å². The van der Waals surface area contributed by atoms with Crippen LogP contribution in [-0.2, 0) is 6.54 Å². The van der Waals surface area contributed by atoms with Crippen LogP contribution in [0.5, 0.6) is 0 Å². The number of piperidine rings is 1. The number of aryl methyl sites for hydroxylation is 1. The minimum absolute atomic E-state index is 0.0994. The molecule has 1 unspecified atom stereocenters. The second-order valence-corrected chi connectivity index (χ2v) is 6.45. The number of hydrogen-bond acceptors (Lipinski definition) is 3. The fourth-order valence-corrected chi connectivity index (χ4v) is 3.19. The average molecular weight is 333 g/mol. The van der Waals surface area contributed by atoms with E-state index in [1.54, 1.807) is 13.0 Å². The Balaban J connectivity index is 1.77. The highest BCUT2D eigenvalue weighted by Gasteiger charge is 2.24. The highest BCUT2D eigenvalue weighted by atomic mass is 19.2. The van der Waals surface area contributed by atoms with Gasteiger partial charge in [0.05, 0.1) is 0 Å². The molecule has 4 nitrogen and oxygen atoms in total. The Morgan fingerprint density at radius 3 is 2.88 bits per heavy atom. The van der Waals surface area contributed by atoms with Crippen molar-refractivity contribution in [2.24, 2.45) is 0 Å². The van der Waals surface area contributed by atoms with Crippen LogP contribution < -0.4 is 5.56 Å². The molecule has 1 fully saturated rings. The maximum atomic E-state index is 13.9. The highest BCUT2D eigenvalue weighted by molar-refractivity contribution is 5.19. The van der Waals surface area contributed by atoms with Gasteiger partial charge in [0.15, 0.2) is 11.6 Å². The lowest BCUT2D eigenvalue weighted by Crippen LogP contribution is -2.35. The van der Waals surface area contributed by atoms with Crippen molar-refractivity contribution >= 4 is 0 Å². The summed E-state index contributed by atoms with van der Waals surface area (Å²) in [6, 6.07) is 4.26. The van der Waals surface area contributed by atoms with Crippen LogP contribution in [0, 0.1) is 25.5 Å². The number of aromatic nitrogens is 2. The summed E-state index contributed by atoms with van der Waals surface area (Å²) < 4.78 is 27.2. The van der Waals surface area contributed by atoms with Crippen LogP contribution in [0.25, 0.3) is 0 Å². The molecule has 6 heteroatoms. The lowest BCUT2D eigenvalue weighted by Gasteiger charge is -2.32. The second kappa shape index (κ2) is 6.81. The van der Waals surface area contributed by atoms with Crippen molar-refractivity contribution < 1.29 is 8.78 Å². The van der Waals surface area contributed by atoms with E-state index in [9.17, 15) is 13.6 Å². The Morgan fingerprint density at radius 1 is 1.33 bits per heavy atom. The van der Waals surface area contributed by atoms with E-state index >= 15 is 0 Å². The van der Waals surface area contributed by atoms with E-state index in [1.165, 1.54) is 6.07 Å². The average Bonchev–Trinajstić information content (AvgIpc) is 2.57. The van der Waals surface area contributed by atoms with Crippen molar-refractivity contribution in [3.05, 3.63) is 62.8 Å². The topological polar surface area (TPSA) is 49.0 Å². The number of halogens is 2. The molecule has 1 saturated heterocycles. The summed E-state index contributed by atoms with van der Waals surface area (Å²) in [6.45, 7) is 5.43. The number of rotatable bonds is 3. The Morgan fingerprint density at radius 2 is 2.12 bits per heavy atom. The molecule has 2 heterocycles. The zero-order valence-electron chi connectivity index (χ0n) is 13.9. The molecule has 2 aromatic rings. The molecule has 0 aliphatic carbocycles. The largest absolute Gasteiger partial charge is 0.310 e. The summed E-state index contributed by atoms with van der Waals surface area (Å²) in [4.78, 5) is 21.4. The molecule has 1 atom stereocenters. The number of nitrogens with zero attached hydrogens (tertiary/aromatic N) is 2. The lowest BCUT2D eigenvalue weighted by molar-refractivity contribution is 0.193. The third-order valence-electron chi connectivity index (χ3n) is 4.73. The van der Waals surface area contributed by atoms with Gasteiger partial charge in [-0.3, -0.25) is 9.69 Å². The first-order valence-electron chi connectivity index (χ1n) is 8.18. The maximum absolute atomic E-state index is 13.9. The van der Waals surface area contributed by atoms with E-state index in [0.29, 0.717) is 30.0 Å². The van der Waals surface area contributed by atoms with E-state index in [0.717, 1.165) is 31.1 Å². The van der Waals surface area contributed by atoms with Crippen molar-refractivity contribution in [1.29, 1.82) is 0 Å². The minimum atomic E-state index is -0.818. The van der Waals surface area contributed by atoms with E-state index < -0.39 is 11.6 Å². The highest BCUT2D eigenvalue weighted by Crippen LogP contribution is 2.26. The first kappa shape index (κ1) is 16.8. The number of nitrogens with one attached hydrogen (secondary N) is 1. The Kier molecular flexibility index (Phi) is 4.76. The summed E-state index contributed by atoms with van der Waals surface area (Å²) in [5.41, 5.74) is 1.62. The van der Waals surface area contributed by atoms with Gasteiger partial charge in [-0.2, -0.15) is 0 Å². The predicted octanol–water partition coefficient (Wildman–Crippen LogP) is 3.04. The van der Waals surface area contributed by atoms with Gasteiger partial charge >= 0.3 is 0 Å². The number of H-pyrrole nitrogens is 1. The molecule has 0 bridgehead atoms. The van der Waals surface area contributed by atoms with Gasteiger partial charge in [-0.15, -0.1) is 0 Å². The lowest BCUT2D eigenvalue weighted by atomic mass is 9.96. The zero-order chi connectivity index (χ0) is 17.3. The van der Waals surface area contributed by atoms with Crippen molar-refractivity contribution in [2.45, 2.75) is 39.2 Å². The number of hydrogen-bond donors (Lipinski definition) is 1. The second-order valence-electron chi connectivity index (χ2n) is 6.45. The first-order valence-corrected chi connectivity index (χ1v) is 8.18. The van der Waals surface area contributed by atoms with Crippen molar-refractivity contribution in [3.63, 3.8) is 0 Å². The third kappa shape index (κ3) is 3.38. The third-order valence-corrected chi connectivity index (χ3v) is 4.73. The zero-order valence-corrected chi connectivity index (χ0v) is 13.9. The summed E-state index contributed by atoms with van der Waals surface area (Å²) in [5.74, 6) is -0.812. The summed E-state index contributed by atoms with van der Waals surface area (Å²) >= 11 is 0. The van der Waals surface area contributed by atoms with Crippen molar-refractivity contribution in [3.8, 4) is 0 Å². The van der Waals surface area contributed by atoms with E-state index in [-0.39, 0.29) is 11.5 Å². The molecule has 0 radical (unpaired) electrons. The fraction of sp³-hybridized carbons (Fsp3) is 0.444. The predicted molar refractivity (Wildman–Crippen MR) is 87.9 cm³/mol. The van der Waals surface area contributed by atoms with Gasteiger partial charge in [-0.1, -0.05) is 12.1 Å². The van der Waals surface area contributed by atoms with Crippen LogP contribution in [0.3, 0.4) is 0 Å². The van der Waals surface area contributed by atoms with Gasteiger partial charge in [0.25, 0.3) is 5.56 Å². The number of likely N-dealkylation sites (tertiary alicyclic amines) is 1. The molecule has 1 aliphatic rings. The van der Waals surface area contributed by atoms with Crippen LogP contribution in [0.2, 0.25) is 0 Å². The normalized spacial score (nSPS) is 18.8. The number of aromatic amines is 1. The van der Waals surface area contributed by atoms with Crippen LogP contribution in [0.4, 0.5) is 8.78 Å². The first-order chi connectivity index (χ1) is 11.5. The molecule has 0 amide bonds. The summed E-state index contributed by atoms with van der Waals surface area (Å²) in [5, 5.41) is 0. The van der Waals surface area contributed by atoms with Crippen LogP contribution in [0.1, 0.15) is 41.4 Å². The monoisotopic (exact) mass is 333 g/mol. The Labute approximate surface area is 139 Å². The van der Waals surface area contributed by atoms with Crippen LogP contribution in [-0.4, -0.2) is 28.0 Å². The molecule has 3 rings (SSSR count). The minimum Gasteiger partial charge on any atom is -0.310 e. The molecular weight excluding hydrogens is 312 g/mol. The van der Waals surface area contributed by atoms with Gasteiger partial charge < -0.3 is 4.98 Å². The Bertz CT molecular complexity index is 803. The molecule has 1 aromatic heterocycles. The summed E-state index contributed by atoms with van der Waals surface area (Å²) in [6.07, 6.45) is 1.85. The molecule has 0 spiro atoms. The molecular formula is C18H21F2N3O. The van der Waals surface area contributed by atoms with Gasteiger partial charge in [0, 0.05) is 35.8 Å². The van der Waals surface area contributed by atoms with Crippen LogP contribution >= 0.6 is 0 Å². The smallest absolute Gasteiger partial charge is 0.254 e. The maximum Gasteiger partial charge on any atom is 0.254 e. The van der Waals surface area contributed by atoms with Crippen molar-refractivity contribution in [2.75, 3.05) is 13.1 Å². The molecule has 1 aliphatic heterocycles. The summed E-state index contributed by atoms with van der Waals surface area (Å²) in [7, 11) is 0. The fourth-order valence-electron chi connectivity index (χ4n) is 3.19.